The number of fused-ring (bicyclic) bond motifs is 3. The van der Waals surface area contributed by atoms with Crippen LogP contribution in [0.25, 0.3) is 33.9 Å². The second-order valence-corrected chi connectivity index (χ2v) is 16.6. The monoisotopic (exact) mass is 792 g/mol. The van der Waals surface area contributed by atoms with Crippen LogP contribution in [0.15, 0.2) is 104 Å². The van der Waals surface area contributed by atoms with Gasteiger partial charge in [0.2, 0.25) is 17.6 Å². The van der Waals surface area contributed by atoms with E-state index < -0.39 is 46.5 Å². The van der Waals surface area contributed by atoms with Crippen molar-refractivity contribution in [2.75, 3.05) is 0 Å². The first-order valence-electron chi connectivity index (χ1n) is 18.2. The van der Waals surface area contributed by atoms with Crippen molar-refractivity contribution < 1.29 is 53.4 Å². The maximum Gasteiger partial charge on any atom is 0.422 e. The third-order valence-corrected chi connectivity index (χ3v) is 10.4. The Bertz CT molecular complexity index is 2480. The van der Waals surface area contributed by atoms with Crippen LogP contribution < -0.4 is 18.3 Å². The normalized spacial score (nSPS) is 15.2. The summed E-state index contributed by atoms with van der Waals surface area (Å²) < 4.78 is 118. The van der Waals surface area contributed by atoms with Gasteiger partial charge in [0.1, 0.15) is 48.5 Å². The second-order valence-electron chi connectivity index (χ2n) is 16.6. The molecule has 0 saturated carbocycles. The summed E-state index contributed by atoms with van der Waals surface area (Å²) in [5, 5.41) is 0. The summed E-state index contributed by atoms with van der Waals surface area (Å²) in [6.07, 6.45) is 1.37. The predicted molar refractivity (Wildman–Crippen MR) is 199 cm³/mol. The smallest absolute Gasteiger partial charge is 0.207 e. The molecule has 296 valence electrons. The highest BCUT2D eigenvalue weighted by molar-refractivity contribution is 5.66. The SMILES string of the molecule is C[n+]1cc(F)ccc1-c1ccc(F)cc1F.C[n+]1ccc(C(C)(C)C)cc1-c1cc(C(C)(C)C)cc[n+]1C1(C)c2cc(F)cc(F)c2-c2ccc(C(F)(F)F)c[n+]21. The van der Waals surface area contributed by atoms with Crippen LogP contribution in [0.3, 0.4) is 0 Å². The number of hydrogen-bond donors (Lipinski definition) is 0. The minimum Gasteiger partial charge on any atom is -0.207 e. The lowest BCUT2D eigenvalue weighted by atomic mass is 9.85. The lowest BCUT2D eigenvalue weighted by Gasteiger charge is -2.23. The van der Waals surface area contributed by atoms with Crippen LogP contribution in [0.5, 0.6) is 0 Å². The topological polar surface area (TPSA) is 15.5 Å². The molecule has 7 rings (SSSR count). The van der Waals surface area contributed by atoms with E-state index in [2.05, 4.69) is 47.6 Å². The van der Waals surface area contributed by atoms with E-state index in [0.29, 0.717) is 11.4 Å². The van der Waals surface area contributed by atoms with E-state index in [1.165, 1.54) is 51.7 Å². The summed E-state index contributed by atoms with van der Waals surface area (Å²) in [6.45, 7) is 14.3. The molecule has 2 aromatic carbocycles. The lowest BCUT2D eigenvalue weighted by Crippen LogP contribution is -2.72. The third-order valence-electron chi connectivity index (χ3n) is 10.4. The molecule has 0 saturated heterocycles. The Kier molecular flexibility index (Phi) is 10.4. The number of aromatic nitrogens is 4. The molecule has 57 heavy (non-hydrogen) atoms. The first-order chi connectivity index (χ1) is 26.4. The third kappa shape index (κ3) is 7.78. The molecule has 1 aliphatic rings. The van der Waals surface area contributed by atoms with Crippen LogP contribution >= 0.6 is 0 Å². The number of nitrogens with zero attached hydrogens (tertiary/aromatic N) is 4. The van der Waals surface area contributed by atoms with Gasteiger partial charge in [0, 0.05) is 48.5 Å². The van der Waals surface area contributed by atoms with E-state index in [1.807, 2.05) is 46.8 Å². The Morgan fingerprint density at radius 2 is 1.07 bits per heavy atom. The van der Waals surface area contributed by atoms with E-state index in [1.54, 1.807) is 14.0 Å². The molecule has 0 radical (unpaired) electrons. The molecule has 6 aromatic rings. The number of halogens is 8. The van der Waals surface area contributed by atoms with Gasteiger partial charge in [0.15, 0.2) is 24.4 Å². The van der Waals surface area contributed by atoms with Crippen molar-refractivity contribution in [2.45, 2.75) is 71.1 Å². The van der Waals surface area contributed by atoms with Gasteiger partial charge in [-0.2, -0.15) is 22.3 Å². The molecule has 1 atom stereocenters. The van der Waals surface area contributed by atoms with Gasteiger partial charge in [0.05, 0.1) is 18.1 Å². The average molecular weight is 793 g/mol. The number of alkyl halides is 3. The predicted octanol–water partition coefficient (Wildman–Crippen LogP) is 9.49. The number of benzene rings is 2. The van der Waals surface area contributed by atoms with Gasteiger partial charge in [-0.15, -0.1) is 9.13 Å². The van der Waals surface area contributed by atoms with Gasteiger partial charge in [0.25, 0.3) is 11.4 Å². The van der Waals surface area contributed by atoms with Crippen molar-refractivity contribution >= 4 is 0 Å². The van der Waals surface area contributed by atoms with Gasteiger partial charge in [-0.05, 0) is 52.3 Å². The molecular formula is C45H44F8N4+4. The van der Waals surface area contributed by atoms with Crippen LogP contribution in [-0.2, 0) is 36.8 Å². The number of pyridine rings is 4. The number of hydrogen-bond acceptors (Lipinski definition) is 0. The summed E-state index contributed by atoms with van der Waals surface area (Å²) in [7, 11) is 3.50. The molecule has 0 bridgehead atoms. The fourth-order valence-electron chi connectivity index (χ4n) is 7.20. The molecule has 5 heterocycles. The Morgan fingerprint density at radius 3 is 1.67 bits per heavy atom. The highest BCUT2D eigenvalue weighted by Crippen LogP contribution is 2.41. The first kappa shape index (κ1) is 41.1. The first-order valence-corrected chi connectivity index (χ1v) is 18.2. The Hall–Kier alpha value is -5.52. The standard InChI is InChI=1S/C33H35F5N3.C12H9F3N/c1-30(2,3)20-11-13-39(8)27(15-20)28-16-21(31(4,5)6)12-14-40(28)32(7)24-17-23(34)18-25(35)29(24)26-10-9-22(19-41(26)32)33(36,37)38;1-16-7-9(14)3-5-12(16)10-4-2-8(13)6-11(10)15/h9-19H,1-8H3;2-7H,1H3/q+3;+1. The molecule has 4 aromatic heterocycles. The second kappa shape index (κ2) is 14.5. The van der Waals surface area contributed by atoms with E-state index in [-0.39, 0.29) is 33.2 Å². The van der Waals surface area contributed by atoms with Gasteiger partial charge in [-0.25, -0.2) is 22.0 Å². The van der Waals surface area contributed by atoms with Gasteiger partial charge < -0.3 is 0 Å². The van der Waals surface area contributed by atoms with E-state index in [0.717, 1.165) is 41.2 Å². The molecule has 0 amide bonds. The quantitative estimate of drug-likeness (QED) is 0.126. The molecule has 12 heteroatoms. The van der Waals surface area contributed by atoms with Gasteiger partial charge >= 0.3 is 11.8 Å². The Morgan fingerprint density at radius 1 is 0.491 bits per heavy atom. The molecule has 1 unspecified atom stereocenters. The molecule has 0 spiro atoms. The average Bonchev–Trinajstić information content (AvgIpc) is 3.36. The van der Waals surface area contributed by atoms with E-state index in [4.69, 9.17) is 0 Å². The van der Waals surface area contributed by atoms with Crippen molar-refractivity contribution in [2.24, 2.45) is 14.1 Å². The summed E-state index contributed by atoms with van der Waals surface area (Å²) >= 11 is 0. The van der Waals surface area contributed by atoms with Crippen molar-refractivity contribution in [3.63, 3.8) is 0 Å². The van der Waals surface area contributed by atoms with Crippen LogP contribution in [0.4, 0.5) is 35.1 Å². The zero-order valence-electron chi connectivity index (χ0n) is 33.1. The maximum atomic E-state index is 15.4. The molecular weight excluding hydrogens is 749 g/mol. The van der Waals surface area contributed by atoms with Crippen LogP contribution in [0.1, 0.15) is 70.7 Å². The van der Waals surface area contributed by atoms with Crippen molar-refractivity contribution in [1.82, 2.24) is 0 Å². The minimum absolute atomic E-state index is 0.0776. The largest absolute Gasteiger partial charge is 0.422 e. The highest BCUT2D eigenvalue weighted by Gasteiger charge is 2.59. The highest BCUT2D eigenvalue weighted by atomic mass is 19.4. The molecule has 4 nitrogen and oxygen atoms in total. The summed E-state index contributed by atoms with van der Waals surface area (Å²) in [5.74, 6) is -3.33. The fraction of sp³-hybridized carbons (Fsp3) is 0.289. The molecule has 1 aliphatic heterocycles. The number of aryl methyl sites for hydroxylation is 2. The maximum absolute atomic E-state index is 15.4. The lowest BCUT2D eigenvalue weighted by molar-refractivity contribution is -0.967. The van der Waals surface area contributed by atoms with Crippen LogP contribution in [0.2, 0.25) is 0 Å². The van der Waals surface area contributed by atoms with Crippen LogP contribution in [0, 0.1) is 29.1 Å². The van der Waals surface area contributed by atoms with E-state index in [9.17, 15) is 30.7 Å². The van der Waals surface area contributed by atoms with Crippen molar-refractivity contribution in [3.05, 3.63) is 155 Å². The zero-order chi connectivity index (χ0) is 42.0. The van der Waals surface area contributed by atoms with Gasteiger partial charge in [-0.1, -0.05) is 41.5 Å². The Labute approximate surface area is 327 Å². The number of rotatable bonds is 3. The van der Waals surface area contributed by atoms with Crippen LogP contribution in [-0.4, -0.2) is 0 Å². The van der Waals surface area contributed by atoms with E-state index >= 15 is 4.39 Å². The minimum atomic E-state index is -4.63. The summed E-state index contributed by atoms with van der Waals surface area (Å²) in [4.78, 5) is 0. The fourth-order valence-corrected chi connectivity index (χ4v) is 7.20. The van der Waals surface area contributed by atoms with Crippen molar-refractivity contribution in [1.29, 1.82) is 0 Å². The molecule has 0 fully saturated rings. The van der Waals surface area contributed by atoms with Crippen molar-refractivity contribution in [3.8, 4) is 33.9 Å². The van der Waals surface area contributed by atoms with Gasteiger partial charge in [-0.3, -0.25) is 0 Å². The summed E-state index contributed by atoms with van der Waals surface area (Å²) in [6, 6.07) is 18.2. The Balaban J connectivity index is 0.000000286. The molecule has 0 aliphatic carbocycles. The zero-order valence-corrected chi connectivity index (χ0v) is 33.1. The molecule has 0 N–H and O–H groups in total. The summed E-state index contributed by atoms with van der Waals surface area (Å²) in [5.41, 5.74) is 2.12.